The zero-order valence-electron chi connectivity index (χ0n) is 22.1. The molecule has 5 rings (SSSR count). The van der Waals surface area contributed by atoms with Crippen LogP contribution < -0.4 is 0 Å². The van der Waals surface area contributed by atoms with Crippen LogP contribution in [0, 0.1) is 51.2 Å². The number of carbonyl (C=O) groups excluding carboxylic acids is 4. The van der Waals surface area contributed by atoms with Crippen molar-refractivity contribution in [3.63, 3.8) is 0 Å². The number of fused-ring (bicyclic) bond motifs is 7. The summed E-state index contributed by atoms with van der Waals surface area (Å²) in [6, 6.07) is 0. The summed E-state index contributed by atoms with van der Waals surface area (Å²) in [5.41, 5.74) is 0.0768. The van der Waals surface area contributed by atoms with Crippen molar-refractivity contribution in [2.75, 3.05) is 7.11 Å². The van der Waals surface area contributed by atoms with Crippen LogP contribution in [0.3, 0.4) is 0 Å². The summed E-state index contributed by atoms with van der Waals surface area (Å²) in [6.45, 7) is 10.7. The van der Waals surface area contributed by atoms with Gasteiger partial charge in [0.1, 0.15) is 0 Å². The lowest BCUT2D eigenvalue weighted by molar-refractivity contribution is -0.177. The van der Waals surface area contributed by atoms with Crippen LogP contribution in [0.25, 0.3) is 0 Å². The second-order valence-electron chi connectivity index (χ2n) is 13.7. The highest BCUT2D eigenvalue weighted by Gasteiger charge is 2.65. The van der Waals surface area contributed by atoms with E-state index >= 15 is 0 Å². The number of hydrogen-bond donors (Lipinski definition) is 0. The van der Waals surface area contributed by atoms with E-state index in [4.69, 9.17) is 4.74 Å². The van der Waals surface area contributed by atoms with E-state index in [-0.39, 0.29) is 63.5 Å². The predicted molar refractivity (Wildman–Crippen MR) is 132 cm³/mol. The Labute approximate surface area is 209 Å². The van der Waals surface area contributed by atoms with Gasteiger partial charge in [0.15, 0.2) is 17.9 Å². The number of rotatable bonds is 2. The molecule has 7 atom stereocenters. The van der Waals surface area contributed by atoms with E-state index in [1.807, 2.05) is 26.0 Å². The Morgan fingerprint density at radius 1 is 0.971 bits per heavy atom. The summed E-state index contributed by atoms with van der Waals surface area (Å²) in [5.74, 6) is -0.0865. The van der Waals surface area contributed by atoms with Crippen molar-refractivity contribution in [3.05, 3.63) is 23.3 Å². The molecule has 0 amide bonds. The lowest BCUT2D eigenvalue weighted by Crippen LogP contribution is -2.60. The molecule has 0 radical (unpaired) electrons. The maximum atomic E-state index is 14.0. The van der Waals surface area contributed by atoms with Gasteiger partial charge in [-0.1, -0.05) is 46.3 Å². The summed E-state index contributed by atoms with van der Waals surface area (Å²) in [6.07, 6.45) is 10.5. The molecular formula is C30H40O5. The SMILES string of the molecule is COC(=O)[C@@]12CCC3C(C(=O)C=C4C5C=C(C=O)C(=O)C(C)(C)[C@@H]5CC[C@]43C)C1CC(C)(C)CC2. The van der Waals surface area contributed by atoms with Gasteiger partial charge in [-0.25, -0.2) is 0 Å². The first-order valence-corrected chi connectivity index (χ1v) is 13.4. The summed E-state index contributed by atoms with van der Waals surface area (Å²) in [4.78, 5) is 52.0. The minimum atomic E-state index is -0.627. The Hall–Kier alpha value is -2.04. The van der Waals surface area contributed by atoms with E-state index in [9.17, 15) is 19.2 Å². The van der Waals surface area contributed by atoms with Crippen molar-refractivity contribution >= 4 is 23.8 Å². The second-order valence-corrected chi connectivity index (χ2v) is 13.7. The van der Waals surface area contributed by atoms with Gasteiger partial charge in [-0.3, -0.25) is 19.2 Å². The van der Waals surface area contributed by atoms with Gasteiger partial charge in [-0.2, -0.15) is 0 Å². The maximum absolute atomic E-state index is 14.0. The molecule has 5 nitrogen and oxygen atoms in total. The zero-order valence-corrected chi connectivity index (χ0v) is 22.1. The van der Waals surface area contributed by atoms with E-state index in [2.05, 4.69) is 20.8 Å². The van der Waals surface area contributed by atoms with Crippen LogP contribution in [0.1, 0.15) is 79.6 Å². The van der Waals surface area contributed by atoms with Gasteiger partial charge in [-0.05, 0) is 79.6 Å². The Morgan fingerprint density at radius 2 is 1.66 bits per heavy atom. The summed E-state index contributed by atoms with van der Waals surface area (Å²) in [7, 11) is 1.48. The fourth-order valence-electron chi connectivity index (χ4n) is 9.17. The molecule has 0 aromatic carbocycles. The third kappa shape index (κ3) is 3.25. The van der Waals surface area contributed by atoms with Gasteiger partial charge in [0.25, 0.3) is 0 Å². The van der Waals surface area contributed by atoms with Gasteiger partial charge in [0, 0.05) is 17.3 Å². The minimum Gasteiger partial charge on any atom is -0.469 e. The molecule has 0 spiro atoms. The van der Waals surface area contributed by atoms with Crippen molar-refractivity contribution in [2.45, 2.75) is 79.6 Å². The molecule has 0 aromatic rings. The number of methoxy groups -OCH3 is 1. The standard InChI is InChI=1S/C30H40O5/c1-27(2)11-12-30(26(34)35-6)10-8-20-24(22(30)15-27)23(32)14-21-18-13-17(16-31)25(33)28(3,4)19(18)7-9-29(20,21)5/h13-14,16,18-20,22,24H,7-12,15H2,1-6H3/t18?,19-,20?,22?,24?,29+,30-/m1/s1. The third-order valence-electron chi connectivity index (χ3n) is 11.2. The lowest BCUT2D eigenvalue weighted by atomic mass is 9.41. The lowest BCUT2D eigenvalue weighted by Gasteiger charge is -2.62. The van der Waals surface area contributed by atoms with Crippen LogP contribution in [0.5, 0.6) is 0 Å². The molecule has 3 fully saturated rings. The fourth-order valence-corrected chi connectivity index (χ4v) is 9.17. The van der Waals surface area contributed by atoms with E-state index in [1.54, 1.807) is 0 Å². The highest BCUT2D eigenvalue weighted by atomic mass is 16.5. The molecule has 0 bridgehead atoms. The summed E-state index contributed by atoms with van der Waals surface area (Å²) >= 11 is 0. The molecule has 3 saturated carbocycles. The summed E-state index contributed by atoms with van der Waals surface area (Å²) in [5, 5.41) is 0. The number of Topliss-reactive ketones (excluding diaryl/α,β-unsaturated/α-hetero) is 1. The molecule has 5 heteroatoms. The number of esters is 1. The van der Waals surface area contributed by atoms with Gasteiger partial charge in [0.05, 0.1) is 18.1 Å². The highest BCUT2D eigenvalue weighted by Crippen LogP contribution is 2.67. The Bertz CT molecular complexity index is 1060. The van der Waals surface area contributed by atoms with E-state index in [0.717, 1.165) is 50.5 Å². The molecule has 5 aliphatic carbocycles. The van der Waals surface area contributed by atoms with Crippen LogP contribution >= 0.6 is 0 Å². The number of ketones is 2. The fraction of sp³-hybridized carbons (Fsp3) is 0.733. The van der Waals surface area contributed by atoms with Crippen LogP contribution in [-0.4, -0.2) is 30.9 Å². The number of aldehydes is 1. The van der Waals surface area contributed by atoms with Crippen molar-refractivity contribution in [1.29, 1.82) is 0 Å². The topological polar surface area (TPSA) is 77.5 Å². The molecule has 5 aliphatic rings. The second kappa shape index (κ2) is 7.73. The molecular weight excluding hydrogens is 440 g/mol. The van der Waals surface area contributed by atoms with Gasteiger partial charge >= 0.3 is 5.97 Å². The molecule has 0 aliphatic heterocycles. The predicted octanol–water partition coefficient (Wildman–Crippen LogP) is 5.27. The highest BCUT2D eigenvalue weighted by molar-refractivity contribution is 6.15. The minimum absolute atomic E-state index is 0.0113. The van der Waals surface area contributed by atoms with Crippen LogP contribution in [-0.2, 0) is 23.9 Å². The Balaban J connectivity index is 1.62. The third-order valence-corrected chi connectivity index (χ3v) is 11.2. The smallest absolute Gasteiger partial charge is 0.312 e. The van der Waals surface area contributed by atoms with Crippen LogP contribution in [0.15, 0.2) is 23.3 Å². The normalized spacial score (nSPS) is 43.4. The first-order valence-electron chi connectivity index (χ1n) is 13.4. The molecule has 0 N–H and O–H groups in total. The van der Waals surface area contributed by atoms with Gasteiger partial charge in [-0.15, -0.1) is 0 Å². The molecule has 0 saturated heterocycles. The zero-order chi connectivity index (χ0) is 25.6. The van der Waals surface area contributed by atoms with Crippen molar-refractivity contribution in [3.8, 4) is 0 Å². The van der Waals surface area contributed by atoms with Crippen LogP contribution in [0.2, 0.25) is 0 Å². The van der Waals surface area contributed by atoms with E-state index in [0.29, 0.717) is 6.29 Å². The average molecular weight is 481 g/mol. The summed E-state index contributed by atoms with van der Waals surface area (Å²) < 4.78 is 5.35. The molecule has 190 valence electrons. The van der Waals surface area contributed by atoms with Crippen molar-refractivity contribution in [2.24, 2.45) is 51.2 Å². The molecule has 0 heterocycles. The Morgan fingerprint density at radius 3 is 2.31 bits per heavy atom. The van der Waals surface area contributed by atoms with Gasteiger partial charge < -0.3 is 4.74 Å². The number of carbonyl (C=O) groups is 4. The van der Waals surface area contributed by atoms with E-state index in [1.165, 1.54) is 7.11 Å². The maximum Gasteiger partial charge on any atom is 0.312 e. The molecule has 0 aromatic heterocycles. The molecule has 4 unspecified atom stereocenters. The Kier molecular flexibility index (Phi) is 5.44. The first-order chi connectivity index (χ1) is 16.3. The number of allylic oxidation sites excluding steroid dienone is 4. The quantitative estimate of drug-likeness (QED) is 0.305. The first kappa shape index (κ1) is 24.6. The monoisotopic (exact) mass is 480 g/mol. The number of hydrogen-bond acceptors (Lipinski definition) is 5. The molecule has 35 heavy (non-hydrogen) atoms. The average Bonchev–Trinajstić information content (AvgIpc) is 2.80. The largest absolute Gasteiger partial charge is 0.469 e. The van der Waals surface area contributed by atoms with Gasteiger partial charge in [0.2, 0.25) is 0 Å². The van der Waals surface area contributed by atoms with E-state index < -0.39 is 10.8 Å². The van der Waals surface area contributed by atoms with Crippen LogP contribution in [0.4, 0.5) is 0 Å². The van der Waals surface area contributed by atoms with Crippen molar-refractivity contribution in [1.82, 2.24) is 0 Å². The number of ether oxygens (including phenoxy) is 1. The van der Waals surface area contributed by atoms with Crippen molar-refractivity contribution < 1.29 is 23.9 Å².